The molecule has 0 bridgehead atoms. The number of hydrogen-bond donors (Lipinski definition) is 8. The number of fused-ring (bicyclic) bond motifs is 1. The summed E-state index contributed by atoms with van der Waals surface area (Å²) in [7, 11) is 0. The van der Waals surface area contributed by atoms with Crippen LogP contribution in [-0.2, 0) is 17.7 Å². The van der Waals surface area contributed by atoms with E-state index in [0.29, 0.717) is 43.2 Å². The van der Waals surface area contributed by atoms with E-state index >= 15 is 0 Å². The molecule has 14 heteroatoms. The molecular formula is C35H41N7O7. The van der Waals surface area contributed by atoms with Crippen molar-refractivity contribution in [3.8, 4) is 22.6 Å². The first kappa shape index (κ1) is 34.0. The third-order valence-electron chi connectivity index (χ3n) is 8.51. The molecule has 1 fully saturated rings. The van der Waals surface area contributed by atoms with Gasteiger partial charge in [-0.2, -0.15) is 0 Å². The van der Waals surface area contributed by atoms with Crippen LogP contribution in [0.1, 0.15) is 23.8 Å². The summed E-state index contributed by atoms with van der Waals surface area (Å²) < 4.78 is 13.3. The minimum atomic E-state index is -1.33. The predicted octanol–water partition coefficient (Wildman–Crippen LogP) is 1.97. The third kappa shape index (κ3) is 7.91. The number of nitrogens with zero attached hydrogens (tertiary/aromatic N) is 4. The Bertz CT molecular complexity index is 1820. The zero-order valence-corrected chi connectivity index (χ0v) is 26.8. The van der Waals surface area contributed by atoms with Crippen molar-refractivity contribution in [1.29, 1.82) is 0 Å². The summed E-state index contributed by atoms with van der Waals surface area (Å²) in [6.07, 6.45) is -1.94. The summed E-state index contributed by atoms with van der Waals surface area (Å²) in [5.74, 6) is 1.45. The number of hydrogen-bond acceptors (Lipinski definition) is 13. The Morgan fingerprint density at radius 2 is 1.71 bits per heavy atom. The number of aliphatic hydroxyl groups excluding tert-OH is 4. The predicted molar refractivity (Wildman–Crippen MR) is 183 cm³/mol. The van der Waals surface area contributed by atoms with Crippen molar-refractivity contribution in [2.45, 2.75) is 50.0 Å². The molecule has 1 aliphatic heterocycles. The Balaban J connectivity index is 1.04. The van der Waals surface area contributed by atoms with E-state index in [1.165, 1.54) is 10.9 Å². The molecule has 0 unspecified atom stereocenters. The van der Waals surface area contributed by atoms with Crippen molar-refractivity contribution in [1.82, 2.24) is 24.8 Å². The standard InChI is InChI=1S/C35H41N7O7/c36-32-29-33(40-20-39-32)42(34-31(47)30(46)28(19-44)49-34)35(41-29)38-17-22-5-9-23(10-6-22)24-3-1-4-27(16-24)48-14-2-13-37-25(18-43)15-21-7-11-26(45)12-8-21/h1,3-12,16,20,25,28,30-31,34,37,43-47H,2,13-15,17-19H2,(H,38,41)(H2,36,39,40)/t25-,28+,30+,31+,34+/m0/s1. The first-order chi connectivity index (χ1) is 23.8. The smallest absolute Gasteiger partial charge is 0.207 e. The van der Waals surface area contributed by atoms with Gasteiger partial charge in [-0.1, -0.05) is 48.5 Å². The molecule has 3 aromatic carbocycles. The lowest BCUT2D eigenvalue weighted by Crippen LogP contribution is -2.35. The van der Waals surface area contributed by atoms with Crippen LogP contribution in [0.25, 0.3) is 22.3 Å². The quantitative estimate of drug-likeness (QED) is 0.0749. The number of imidazole rings is 1. The fourth-order valence-electron chi connectivity index (χ4n) is 5.83. The van der Waals surface area contributed by atoms with E-state index in [1.807, 2.05) is 60.7 Å². The van der Waals surface area contributed by atoms with Crippen molar-refractivity contribution < 1.29 is 35.0 Å². The maximum absolute atomic E-state index is 10.7. The Morgan fingerprint density at radius 1 is 0.939 bits per heavy atom. The number of benzene rings is 3. The minimum absolute atomic E-state index is 0.0147. The van der Waals surface area contributed by atoms with Gasteiger partial charge in [0.05, 0.1) is 19.8 Å². The van der Waals surface area contributed by atoms with Gasteiger partial charge in [0, 0.05) is 12.6 Å². The first-order valence-electron chi connectivity index (χ1n) is 16.1. The molecule has 14 nitrogen and oxygen atoms in total. The van der Waals surface area contributed by atoms with Gasteiger partial charge in [-0.15, -0.1) is 0 Å². The van der Waals surface area contributed by atoms with E-state index < -0.39 is 31.1 Å². The molecule has 6 rings (SSSR count). The SMILES string of the molecule is Nc1ncnc2c1nc(NCc1ccc(-c3cccc(OCCCN[C@H](CO)Cc4ccc(O)cc4)c3)cc1)n2[C@@H]1O[C@H](CO)[C@@H](O)[C@H]1O. The highest BCUT2D eigenvalue weighted by molar-refractivity contribution is 5.84. The average Bonchev–Trinajstić information content (AvgIpc) is 3.64. The van der Waals surface area contributed by atoms with E-state index in [1.54, 1.807) is 12.1 Å². The molecule has 2 aromatic heterocycles. The Kier molecular flexibility index (Phi) is 10.8. The highest BCUT2D eigenvalue weighted by Crippen LogP contribution is 2.35. The Labute approximate surface area is 282 Å². The van der Waals surface area contributed by atoms with E-state index in [0.717, 1.165) is 34.4 Å². The molecule has 258 valence electrons. The Hall–Kier alpha value is -4.83. The highest BCUT2D eigenvalue weighted by atomic mass is 16.6. The van der Waals surface area contributed by atoms with Gasteiger partial charge in [-0.25, -0.2) is 15.0 Å². The van der Waals surface area contributed by atoms with Gasteiger partial charge in [0.15, 0.2) is 23.2 Å². The van der Waals surface area contributed by atoms with Crippen LogP contribution in [0.4, 0.5) is 11.8 Å². The second-order valence-corrected chi connectivity index (χ2v) is 11.9. The van der Waals surface area contributed by atoms with E-state index in [2.05, 4.69) is 25.6 Å². The van der Waals surface area contributed by atoms with Crippen LogP contribution in [0.5, 0.6) is 11.5 Å². The summed E-state index contributed by atoms with van der Waals surface area (Å²) >= 11 is 0. The van der Waals surface area contributed by atoms with E-state index in [9.17, 15) is 25.5 Å². The van der Waals surface area contributed by atoms with Gasteiger partial charge >= 0.3 is 0 Å². The number of nitrogens with two attached hydrogens (primary N) is 1. The van der Waals surface area contributed by atoms with Crippen molar-refractivity contribution in [3.05, 3.63) is 90.3 Å². The van der Waals surface area contributed by atoms with Gasteiger partial charge in [0.2, 0.25) is 5.95 Å². The number of aromatic hydroxyl groups is 1. The molecule has 1 saturated heterocycles. The van der Waals surface area contributed by atoms with Crippen LogP contribution >= 0.6 is 0 Å². The number of phenolic OH excluding ortho intramolecular Hbond substituents is 1. The lowest BCUT2D eigenvalue weighted by atomic mass is 10.0. The summed E-state index contributed by atoms with van der Waals surface area (Å²) in [4.78, 5) is 12.8. The summed E-state index contributed by atoms with van der Waals surface area (Å²) in [6, 6.07) is 22.8. The van der Waals surface area contributed by atoms with E-state index in [-0.39, 0.29) is 24.2 Å². The number of nitrogen functional groups attached to an aromatic ring is 1. The van der Waals surface area contributed by atoms with Crippen LogP contribution in [0, 0.1) is 0 Å². The first-order valence-corrected chi connectivity index (χ1v) is 16.1. The topological polar surface area (TPSA) is 213 Å². The monoisotopic (exact) mass is 671 g/mol. The molecule has 1 aliphatic rings. The van der Waals surface area contributed by atoms with Crippen LogP contribution in [-0.4, -0.2) is 95.8 Å². The van der Waals surface area contributed by atoms with Crippen molar-refractivity contribution in [2.24, 2.45) is 0 Å². The minimum Gasteiger partial charge on any atom is -0.508 e. The summed E-state index contributed by atoms with van der Waals surface area (Å²) in [5.41, 5.74) is 10.7. The third-order valence-corrected chi connectivity index (χ3v) is 8.51. The molecule has 0 spiro atoms. The molecule has 49 heavy (non-hydrogen) atoms. The molecule has 5 aromatic rings. The van der Waals surface area contributed by atoms with E-state index in [4.69, 9.17) is 15.2 Å². The van der Waals surface area contributed by atoms with Crippen LogP contribution in [0.3, 0.4) is 0 Å². The molecule has 5 atom stereocenters. The number of anilines is 2. The molecule has 3 heterocycles. The lowest BCUT2D eigenvalue weighted by molar-refractivity contribution is -0.0501. The van der Waals surface area contributed by atoms with Crippen molar-refractivity contribution in [2.75, 3.05) is 37.4 Å². The average molecular weight is 672 g/mol. The van der Waals surface area contributed by atoms with Gasteiger partial charge < -0.3 is 51.4 Å². The summed E-state index contributed by atoms with van der Waals surface area (Å²) in [5, 5.41) is 56.5. The van der Waals surface area contributed by atoms with Gasteiger partial charge in [0.1, 0.15) is 36.1 Å². The molecular weight excluding hydrogens is 630 g/mol. The maximum atomic E-state index is 10.7. The Morgan fingerprint density at radius 3 is 2.45 bits per heavy atom. The van der Waals surface area contributed by atoms with Crippen LogP contribution in [0.2, 0.25) is 0 Å². The fourth-order valence-corrected chi connectivity index (χ4v) is 5.83. The number of aliphatic hydroxyl groups is 4. The number of rotatable bonds is 15. The zero-order chi connectivity index (χ0) is 34.3. The van der Waals surface area contributed by atoms with Crippen LogP contribution < -0.4 is 21.1 Å². The zero-order valence-electron chi connectivity index (χ0n) is 26.8. The molecule has 9 N–H and O–H groups in total. The molecule has 0 amide bonds. The number of nitrogens with one attached hydrogen (secondary N) is 2. The van der Waals surface area contributed by atoms with Gasteiger partial charge in [-0.3, -0.25) is 4.57 Å². The molecule has 0 saturated carbocycles. The second-order valence-electron chi connectivity index (χ2n) is 11.9. The van der Waals surface area contributed by atoms with Crippen LogP contribution in [0.15, 0.2) is 79.1 Å². The lowest BCUT2D eigenvalue weighted by Gasteiger charge is -2.19. The second kappa shape index (κ2) is 15.6. The fraction of sp³-hybridized carbons (Fsp3) is 0.343. The molecule has 0 aliphatic carbocycles. The summed E-state index contributed by atoms with van der Waals surface area (Å²) in [6.45, 7) is 1.13. The largest absolute Gasteiger partial charge is 0.508 e. The number of phenols is 1. The van der Waals surface area contributed by atoms with Crippen molar-refractivity contribution in [3.63, 3.8) is 0 Å². The maximum Gasteiger partial charge on any atom is 0.207 e. The van der Waals surface area contributed by atoms with Crippen molar-refractivity contribution >= 4 is 22.9 Å². The molecule has 0 radical (unpaired) electrons. The number of ether oxygens (including phenoxy) is 2. The highest BCUT2D eigenvalue weighted by Gasteiger charge is 2.45. The normalized spacial score (nSPS) is 19.7. The number of aromatic nitrogens is 4. The van der Waals surface area contributed by atoms with Gasteiger partial charge in [-0.05, 0) is 65.9 Å². The van der Waals surface area contributed by atoms with Gasteiger partial charge in [0.25, 0.3) is 0 Å².